The zero-order chi connectivity index (χ0) is 18.4. The van der Waals surface area contributed by atoms with Crippen molar-refractivity contribution in [1.29, 1.82) is 0 Å². The first kappa shape index (κ1) is 19.7. The summed E-state index contributed by atoms with van der Waals surface area (Å²) >= 11 is 3.23. The average Bonchev–Trinajstić information content (AvgIpc) is 2.57. The van der Waals surface area contributed by atoms with Crippen LogP contribution in [0.15, 0.2) is 22.7 Å². The van der Waals surface area contributed by atoms with E-state index in [1.807, 2.05) is 11.8 Å². The fourth-order valence-corrected chi connectivity index (χ4v) is 3.10. The molecule has 138 valence electrons. The SMILES string of the molecule is CCNC(=O)CN1CCN(C(=O)[C@@H](C)Oc2ccc(F)cc2Br)CC1. The Balaban J connectivity index is 1.84. The summed E-state index contributed by atoms with van der Waals surface area (Å²) in [4.78, 5) is 27.9. The zero-order valence-electron chi connectivity index (χ0n) is 14.4. The fourth-order valence-electron chi connectivity index (χ4n) is 2.65. The van der Waals surface area contributed by atoms with Crippen molar-refractivity contribution >= 4 is 27.7 Å². The van der Waals surface area contributed by atoms with Crippen molar-refractivity contribution in [2.24, 2.45) is 0 Å². The van der Waals surface area contributed by atoms with E-state index in [1.165, 1.54) is 18.2 Å². The third kappa shape index (κ3) is 5.67. The average molecular weight is 416 g/mol. The van der Waals surface area contributed by atoms with Crippen LogP contribution in [0.25, 0.3) is 0 Å². The number of hydrogen-bond acceptors (Lipinski definition) is 4. The van der Waals surface area contributed by atoms with Crippen LogP contribution in [0, 0.1) is 5.82 Å². The number of hydrogen-bond donors (Lipinski definition) is 1. The van der Waals surface area contributed by atoms with Crippen LogP contribution in [-0.4, -0.2) is 67.0 Å². The van der Waals surface area contributed by atoms with Crippen molar-refractivity contribution in [3.05, 3.63) is 28.5 Å². The van der Waals surface area contributed by atoms with Gasteiger partial charge in [0, 0.05) is 32.7 Å². The Morgan fingerprint density at radius 2 is 2.00 bits per heavy atom. The largest absolute Gasteiger partial charge is 0.480 e. The standard InChI is InChI=1S/C17H23BrFN3O3/c1-3-20-16(23)11-21-6-8-22(9-7-21)17(24)12(2)25-15-5-4-13(19)10-14(15)18/h4-5,10,12H,3,6-9,11H2,1-2H3,(H,20,23)/t12-/m1/s1. The molecule has 1 aliphatic rings. The third-order valence-corrected chi connectivity index (χ3v) is 4.59. The van der Waals surface area contributed by atoms with Crippen molar-refractivity contribution < 1.29 is 18.7 Å². The minimum Gasteiger partial charge on any atom is -0.480 e. The number of rotatable bonds is 6. The highest BCUT2D eigenvalue weighted by Crippen LogP contribution is 2.26. The summed E-state index contributed by atoms with van der Waals surface area (Å²) in [6.45, 7) is 6.93. The molecule has 1 N–H and O–H groups in total. The van der Waals surface area contributed by atoms with E-state index in [9.17, 15) is 14.0 Å². The van der Waals surface area contributed by atoms with Crippen LogP contribution in [0.2, 0.25) is 0 Å². The lowest BCUT2D eigenvalue weighted by atomic mass is 10.2. The predicted molar refractivity (Wildman–Crippen MR) is 95.9 cm³/mol. The maximum absolute atomic E-state index is 13.1. The number of nitrogens with one attached hydrogen (secondary N) is 1. The Bertz CT molecular complexity index is 621. The van der Waals surface area contributed by atoms with Gasteiger partial charge >= 0.3 is 0 Å². The van der Waals surface area contributed by atoms with Gasteiger partial charge in [0.15, 0.2) is 6.10 Å². The number of piperazine rings is 1. The molecule has 1 aromatic rings. The Morgan fingerprint density at radius 3 is 2.60 bits per heavy atom. The number of benzene rings is 1. The highest BCUT2D eigenvalue weighted by molar-refractivity contribution is 9.10. The summed E-state index contributed by atoms with van der Waals surface area (Å²) in [6, 6.07) is 4.08. The summed E-state index contributed by atoms with van der Waals surface area (Å²) in [7, 11) is 0. The van der Waals surface area contributed by atoms with Gasteiger partial charge in [-0.25, -0.2) is 4.39 Å². The molecule has 2 rings (SSSR count). The number of carbonyl (C=O) groups is 2. The summed E-state index contributed by atoms with van der Waals surface area (Å²) in [5.41, 5.74) is 0. The lowest BCUT2D eigenvalue weighted by Crippen LogP contribution is -2.53. The lowest BCUT2D eigenvalue weighted by molar-refractivity contribution is -0.139. The van der Waals surface area contributed by atoms with Crippen LogP contribution in [0.3, 0.4) is 0 Å². The molecule has 0 spiro atoms. The second kappa shape index (κ2) is 9.15. The van der Waals surface area contributed by atoms with E-state index in [0.717, 1.165) is 0 Å². The van der Waals surface area contributed by atoms with Gasteiger partial charge in [-0.15, -0.1) is 0 Å². The van der Waals surface area contributed by atoms with Gasteiger partial charge in [-0.05, 0) is 48.0 Å². The first-order valence-corrected chi connectivity index (χ1v) is 9.09. The number of halogens is 2. The lowest BCUT2D eigenvalue weighted by Gasteiger charge is -2.35. The van der Waals surface area contributed by atoms with Gasteiger partial charge in [-0.2, -0.15) is 0 Å². The number of nitrogens with zero attached hydrogens (tertiary/aromatic N) is 2. The van der Waals surface area contributed by atoms with Gasteiger partial charge in [0.2, 0.25) is 5.91 Å². The molecule has 1 aliphatic heterocycles. The minimum absolute atomic E-state index is 0.000128. The molecule has 1 aromatic carbocycles. The van der Waals surface area contributed by atoms with Crippen molar-refractivity contribution in [2.45, 2.75) is 20.0 Å². The molecule has 0 saturated carbocycles. The normalized spacial score (nSPS) is 16.4. The Hall–Kier alpha value is -1.67. The second-order valence-corrected chi connectivity index (χ2v) is 6.74. The number of ether oxygens (including phenoxy) is 1. The molecule has 0 radical (unpaired) electrons. The molecule has 0 aromatic heterocycles. The van der Waals surface area contributed by atoms with E-state index in [2.05, 4.69) is 21.2 Å². The fraction of sp³-hybridized carbons (Fsp3) is 0.529. The third-order valence-electron chi connectivity index (χ3n) is 3.97. The molecule has 6 nitrogen and oxygen atoms in total. The smallest absolute Gasteiger partial charge is 0.263 e. The maximum Gasteiger partial charge on any atom is 0.263 e. The van der Waals surface area contributed by atoms with E-state index in [1.54, 1.807) is 11.8 Å². The monoisotopic (exact) mass is 415 g/mol. The molecule has 1 atom stereocenters. The Labute approximate surface area is 155 Å². The van der Waals surface area contributed by atoms with E-state index >= 15 is 0 Å². The first-order chi connectivity index (χ1) is 11.9. The summed E-state index contributed by atoms with van der Waals surface area (Å²) in [6.07, 6.45) is -0.670. The molecule has 25 heavy (non-hydrogen) atoms. The second-order valence-electron chi connectivity index (χ2n) is 5.89. The molecule has 2 amide bonds. The number of carbonyl (C=O) groups excluding carboxylic acids is 2. The van der Waals surface area contributed by atoms with Gasteiger partial charge < -0.3 is 15.0 Å². The van der Waals surface area contributed by atoms with Gasteiger partial charge in [-0.3, -0.25) is 14.5 Å². The quantitative estimate of drug-likeness (QED) is 0.766. The van der Waals surface area contributed by atoms with E-state index in [0.29, 0.717) is 49.5 Å². The van der Waals surface area contributed by atoms with E-state index in [-0.39, 0.29) is 17.6 Å². The van der Waals surface area contributed by atoms with Crippen LogP contribution in [0.5, 0.6) is 5.75 Å². The summed E-state index contributed by atoms with van der Waals surface area (Å²) in [5, 5.41) is 2.77. The molecular weight excluding hydrogens is 393 g/mol. The van der Waals surface area contributed by atoms with Crippen molar-refractivity contribution in [3.63, 3.8) is 0 Å². The van der Waals surface area contributed by atoms with Crippen molar-refractivity contribution in [2.75, 3.05) is 39.3 Å². The van der Waals surface area contributed by atoms with Crippen LogP contribution < -0.4 is 10.1 Å². The number of likely N-dealkylation sites (N-methyl/N-ethyl adjacent to an activating group) is 1. The maximum atomic E-state index is 13.1. The molecule has 8 heteroatoms. The van der Waals surface area contributed by atoms with E-state index in [4.69, 9.17) is 4.74 Å². The molecule has 0 unspecified atom stereocenters. The van der Waals surface area contributed by atoms with Gasteiger partial charge in [0.1, 0.15) is 11.6 Å². The summed E-state index contributed by atoms with van der Waals surface area (Å²) < 4.78 is 19.2. The van der Waals surface area contributed by atoms with Gasteiger partial charge in [0.05, 0.1) is 11.0 Å². The Kier molecular flexibility index (Phi) is 7.19. The predicted octanol–water partition coefficient (Wildman–Crippen LogP) is 1.64. The molecule has 0 aliphatic carbocycles. The topological polar surface area (TPSA) is 61.9 Å². The molecule has 1 saturated heterocycles. The van der Waals surface area contributed by atoms with Crippen molar-refractivity contribution in [3.8, 4) is 5.75 Å². The molecule has 1 heterocycles. The zero-order valence-corrected chi connectivity index (χ0v) is 16.0. The Morgan fingerprint density at radius 1 is 1.32 bits per heavy atom. The molecule has 1 fully saturated rings. The molecular formula is C17H23BrFN3O3. The molecule has 0 bridgehead atoms. The van der Waals surface area contributed by atoms with Crippen molar-refractivity contribution in [1.82, 2.24) is 15.1 Å². The number of amides is 2. The summed E-state index contributed by atoms with van der Waals surface area (Å²) in [5.74, 6) is -0.0624. The minimum atomic E-state index is -0.670. The van der Waals surface area contributed by atoms with Crippen LogP contribution in [0.4, 0.5) is 4.39 Å². The van der Waals surface area contributed by atoms with E-state index < -0.39 is 6.10 Å². The van der Waals surface area contributed by atoms with Crippen LogP contribution in [-0.2, 0) is 9.59 Å². The van der Waals surface area contributed by atoms with Gasteiger partial charge in [0.25, 0.3) is 5.91 Å². The van der Waals surface area contributed by atoms with Crippen LogP contribution >= 0.6 is 15.9 Å². The highest BCUT2D eigenvalue weighted by atomic mass is 79.9. The highest BCUT2D eigenvalue weighted by Gasteiger charge is 2.27. The van der Waals surface area contributed by atoms with Gasteiger partial charge in [-0.1, -0.05) is 0 Å². The van der Waals surface area contributed by atoms with Crippen LogP contribution in [0.1, 0.15) is 13.8 Å². The first-order valence-electron chi connectivity index (χ1n) is 8.30.